The number of hydrogen-bond donors (Lipinski definition) is 0. The van der Waals surface area contributed by atoms with Gasteiger partial charge in [0.05, 0.1) is 20.3 Å². The summed E-state index contributed by atoms with van der Waals surface area (Å²) in [6, 6.07) is 20.2. The monoisotopic (exact) mass is 473 g/mol. The number of benzene rings is 3. The zero-order chi connectivity index (χ0) is 22.6. The molecule has 4 rings (SSSR count). The van der Waals surface area contributed by atoms with E-state index in [1.165, 1.54) is 17.5 Å². The van der Waals surface area contributed by atoms with Crippen molar-refractivity contribution in [1.29, 1.82) is 0 Å². The first-order chi connectivity index (χ1) is 15.5. The second kappa shape index (κ2) is 9.92. The van der Waals surface area contributed by atoms with Crippen LogP contribution in [0.4, 0.5) is 0 Å². The van der Waals surface area contributed by atoms with Gasteiger partial charge in [0.2, 0.25) is 10.0 Å². The van der Waals surface area contributed by atoms with Gasteiger partial charge in [0.1, 0.15) is 23.0 Å². The molecule has 168 valence electrons. The second-order valence-corrected chi connectivity index (χ2v) is 9.75. The summed E-state index contributed by atoms with van der Waals surface area (Å²) in [6.45, 7) is 1.56. The van der Waals surface area contributed by atoms with Crippen LogP contribution in [0.1, 0.15) is 16.7 Å². The SMILES string of the molecule is COc1ccc(Cl)cc1S(=O)(=O)N1CCOc2ccc(COCc3ccccc3)cc2C1. The molecule has 1 aliphatic heterocycles. The highest BCUT2D eigenvalue weighted by atomic mass is 35.5. The molecule has 0 radical (unpaired) electrons. The van der Waals surface area contributed by atoms with Crippen LogP contribution >= 0.6 is 11.6 Å². The van der Waals surface area contributed by atoms with Gasteiger partial charge in [-0.3, -0.25) is 0 Å². The number of hydrogen-bond acceptors (Lipinski definition) is 5. The Labute approximate surface area is 193 Å². The summed E-state index contributed by atoms with van der Waals surface area (Å²) in [5.41, 5.74) is 2.83. The van der Waals surface area contributed by atoms with Crippen molar-refractivity contribution in [2.45, 2.75) is 24.7 Å². The Kier molecular flexibility index (Phi) is 7.01. The summed E-state index contributed by atoms with van der Waals surface area (Å²) < 4.78 is 45.1. The maximum atomic E-state index is 13.4. The van der Waals surface area contributed by atoms with Gasteiger partial charge in [-0.2, -0.15) is 4.31 Å². The average Bonchev–Trinajstić information content (AvgIpc) is 3.02. The number of nitrogens with zero attached hydrogens (tertiary/aromatic N) is 1. The molecule has 0 spiro atoms. The molecule has 0 N–H and O–H groups in total. The van der Waals surface area contributed by atoms with E-state index in [0.29, 0.717) is 24.0 Å². The topological polar surface area (TPSA) is 65.1 Å². The zero-order valence-corrected chi connectivity index (χ0v) is 19.2. The molecule has 3 aromatic rings. The van der Waals surface area contributed by atoms with Gasteiger partial charge < -0.3 is 14.2 Å². The van der Waals surface area contributed by atoms with Gasteiger partial charge in [-0.15, -0.1) is 0 Å². The molecule has 6 nitrogen and oxygen atoms in total. The van der Waals surface area contributed by atoms with Crippen LogP contribution < -0.4 is 9.47 Å². The normalized spacial score (nSPS) is 14.3. The van der Waals surface area contributed by atoms with E-state index >= 15 is 0 Å². The minimum atomic E-state index is -3.85. The Balaban J connectivity index is 1.53. The Bertz CT molecular complexity index is 1180. The average molecular weight is 474 g/mol. The summed E-state index contributed by atoms with van der Waals surface area (Å²) in [4.78, 5) is 0.0401. The Morgan fingerprint density at radius 2 is 1.78 bits per heavy atom. The standard InChI is InChI=1S/C24H24ClNO5S/c1-29-23-10-8-21(25)14-24(23)32(27,28)26-11-12-31-22-9-7-19(13-20(22)15-26)17-30-16-18-5-3-2-4-6-18/h2-10,13-14H,11-12,15-17H2,1H3. The van der Waals surface area contributed by atoms with Crippen molar-refractivity contribution in [2.75, 3.05) is 20.3 Å². The van der Waals surface area contributed by atoms with Crippen LogP contribution in [0.5, 0.6) is 11.5 Å². The highest BCUT2D eigenvalue weighted by Crippen LogP contribution is 2.33. The number of sulfonamides is 1. The molecule has 0 amide bonds. The predicted molar refractivity (Wildman–Crippen MR) is 122 cm³/mol. The van der Waals surface area contributed by atoms with Crippen LogP contribution in [-0.4, -0.2) is 33.0 Å². The molecule has 8 heteroatoms. The van der Waals surface area contributed by atoms with Gasteiger partial charge in [-0.1, -0.05) is 48.0 Å². The molecule has 0 saturated heterocycles. The largest absolute Gasteiger partial charge is 0.495 e. The summed E-state index contributed by atoms with van der Waals surface area (Å²) in [7, 11) is -2.41. The fourth-order valence-corrected chi connectivity index (χ4v) is 5.39. The molecular formula is C24H24ClNO5S. The lowest BCUT2D eigenvalue weighted by atomic mass is 10.1. The third-order valence-electron chi connectivity index (χ3n) is 5.19. The van der Waals surface area contributed by atoms with E-state index in [1.54, 1.807) is 12.1 Å². The van der Waals surface area contributed by atoms with Gasteiger partial charge in [-0.25, -0.2) is 8.42 Å². The second-order valence-electron chi connectivity index (χ2n) is 7.40. The number of halogens is 1. The molecule has 0 atom stereocenters. The quantitative estimate of drug-likeness (QED) is 0.499. The summed E-state index contributed by atoms with van der Waals surface area (Å²) >= 11 is 6.07. The molecule has 0 unspecified atom stereocenters. The minimum Gasteiger partial charge on any atom is -0.495 e. The molecule has 3 aromatic carbocycles. The van der Waals surface area contributed by atoms with Crippen molar-refractivity contribution in [3.8, 4) is 11.5 Å². The lowest BCUT2D eigenvalue weighted by Crippen LogP contribution is -2.32. The van der Waals surface area contributed by atoms with E-state index in [4.69, 9.17) is 25.8 Å². The van der Waals surface area contributed by atoms with E-state index in [0.717, 1.165) is 16.7 Å². The van der Waals surface area contributed by atoms with Crippen LogP contribution in [-0.2, 0) is 34.5 Å². The highest BCUT2D eigenvalue weighted by Gasteiger charge is 2.30. The van der Waals surface area contributed by atoms with Crippen molar-refractivity contribution < 1.29 is 22.6 Å². The number of methoxy groups -OCH3 is 1. The molecule has 0 fully saturated rings. The van der Waals surface area contributed by atoms with E-state index in [-0.39, 0.29) is 30.3 Å². The molecule has 0 aromatic heterocycles. The minimum absolute atomic E-state index is 0.0401. The summed E-state index contributed by atoms with van der Waals surface area (Å²) in [6.07, 6.45) is 0. The predicted octanol–water partition coefficient (Wildman–Crippen LogP) is 4.65. The third-order valence-corrected chi connectivity index (χ3v) is 7.30. The first kappa shape index (κ1) is 22.6. The Hall–Kier alpha value is -2.58. The van der Waals surface area contributed by atoms with Crippen LogP contribution in [0, 0.1) is 0 Å². The molecule has 32 heavy (non-hydrogen) atoms. The van der Waals surface area contributed by atoms with Crippen LogP contribution in [0.2, 0.25) is 5.02 Å². The third kappa shape index (κ3) is 5.07. The number of rotatable bonds is 7. The van der Waals surface area contributed by atoms with Crippen molar-refractivity contribution >= 4 is 21.6 Å². The first-order valence-electron chi connectivity index (χ1n) is 10.2. The number of fused-ring (bicyclic) bond motifs is 1. The molecular weight excluding hydrogens is 450 g/mol. The smallest absolute Gasteiger partial charge is 0.247 e. The molecule has 1 aliphatic rings. The van der Waals surface area contributed by atoms with Crippen LogP contribution in [0.3, 0.4) is 0 Å². The van der Waals surface area contributed by atoms with Gasteiger partial charge in [0.15, 0.2) is 0 Å². The van der Waals surface area contributed by atoms with Gasteiger partial charge in [-0.05, 0) is 41.5 Å². The van der Waals surface area contributed by atoms with Crippen molar-refractivity contribution in [2.24, 2.45) is 0 Å². The van der Waals surface area contributed by atoms with Crippen molar-refractivity contribution in [1.82, 2.24) is 4.31 Å². The van der Waals surface area contributed by atoms with E-state index in [2.05, 4.69) is 0 Å². The maximum absolute atomic E-state index is 13.4. The van der Waals surface area contributed by atoms with Gasteiger partial charge in [0.25, 0.3) is 0 Å². The lowest BCUT2D eigenvalue weighted by molar-refractivity contribution is 0.107. The first-order valence-corrected chi connectivity index (χ1v) is 12.0. The van der Waals surface area contributed by atoms with Crippen LogP contribution in [0.25, 0.3) is 0 Å². The van der Waals surface area contributed by atoms with Gasteiger partial charge >= 0.3 is 0 Å². The maximum Gasteiger partial charge on any atom is 0.247 e. The Morgan fingerprint density at radius 3 is 2.56 bits per heavy atom. The fraction of sp³-hybridized carbons (Fsp3) is 0.250. The lowest BCUT2D eigenvalue weighted by Gasteiger charge is -2.21. The molecule has 0 aliphatic carbocycles. The summed E-state index contributed by atoms with van der Waals surface area (Å²) in [5.74, 6) is 0.926. The molecule has 1 heterocycles. The van der Waals surface area contributed by atoms with E-state index < -0.39 is 10.0 Å². The number of ether oxygens (including phenoxy) is 3. The molecule has 0 saturated carbocycles. The summed E-state index contributed by atoms with van der Waals surface area (Å²) in [5, 5.41) is 0.327. The Morgan fingerprint density at radius 1 is 1.00 bits per heavy atom. The van der Waals surface area contributed by atoms with E-state index in [9.17, 15) is 8.42 Å². The van der Waals surface area contributed by atoms with Gasteiger partial charge in [0, 0.05) is 23.7 Å². The van der Waals surface area contributed by atoms with Crippen molar-refractivity contribution in [3.63, 3.8) is 0 Å². The molecule has 0 bridgehead atoms. The fourth-order valence-electron chi connectivity index (χ4n) is 3.57. The van der Waals surface area contributed by atoms with Crippen LogP contribution in [0.15, 0.2) is 71.6 Å². The zero-order valence-electron chi connectivity index (χ0n) is 17.7. The highest BCUT2D eigenvalue weighted by molar-refractivity contribution is 7.89. The van der Waals surface area contributed by atoms with E-state index in [1.807, 2.05) is 48.5 Å². The van der Waals surface area contributed by atoms with Crippen molar-refractivity contribution in [3.05, 3.63) is 88.4 Å².